The summed E-state index contributed by atoms with van der Waals surface area (Å²) in [6.07, 6.45) is 0.759. The average Bonchev–Trinajstić information content (AvgIpc) is 3.23. The molecule has 3 atom stereocenters. The maximum absolute atomic E-state index is 14.7. The molecule has 2 aromatic rings. The Hall–Kier alpha value is -2.67. The molecule has 1 aliphatic carbocycles. The fraction of sp³-hybridized carbons (Fsp3) is 0.318. The third-order valence-corrected chi connectivity index (χ3v) is 6.62. The summed E-state index contributed by atoms with van der Waals surface area (Å²) in [6.45, 7) is 1.66. The first kappa shape index (κ1) is 19.6. The Bertz CT molecular complexity index is 1040. The molecule has 0 bridgehead atoms. The zero-order valence-corrected chi connectivity index (χ0v) is 16.8. The number of halogens is 2. The van der Waals surface area contributed by atoms with Gasteiger partial charge in [0.15, 0.2) is 5.78 Å². The van der Waals surface area contributed by atoms with E-state index in [0.29, 0.717) is 23.4 Å². The standard InChI is InChI=1S/C22H19F2NO3S/c1-11-19(22(27)28-2)20(14-10-13(23)5-6-15(14)24)21-16(25-11)8-12(9-17(21)26)18-4-3-7-29-18/h3-7,10,12,19-20H,8-9H2,1-2H3/t12-,19?,20-/m0/s1. The molecule has 0 fully saturated rings. The fourth-order valence-corrected chi connectivity index (χ4v) is 5.14. The number of benzene rings is 1. The predicted molar refractivity (Wildman–Crippen MR) is 106 cm³/mol. The van der Waals surface area contributed by atoms with Crippen molar-refractivity contribution in [3.8, 4) is 0 Å². The molecular formula is C22H19F2NO3S. The number of carbonyl (C=O) groups excluding carboxylic acids is 2. The van der Waals surface area contributed by atoms with Gasteiger partial charge in [-0.25, -0.2) is 8.78 Å². The molecule has 1 unspecified atom stereocenters. The van der Waals surface area contributed by atoms with Gasteiger partial charge in [0.05, 0.1) is 7.11 Å². The van der Waals surface area contributed by atoms with Crippen molar-refractivity contribution < 1.29 is 23.1 Å². The number of aliphatic imine (C=N–C) groups is 1. The lowest BCUT2D eigenvalue weighted by Crippen LogP contribution is -2.38. The number of carbonyl (C=O) groups is 2. The third kappa shape index (κ3) is 3.44. The van der Waals surface area contributed by atoms with Crippen molar-refractivity contribution in [2.24, 2.45) is 10.9 Å². The van der Waals surface area contributed by atoms with Crippen LogP contribution in [0.3, 0.4) is 0 Å². The molecule has 1 aromatic carbocycles. The second-order valence-corrected chi connectivity index (χ2v) is 8.28. The molecule has 4 rings (SSSR count). The maximum atomic E-state index is 14.7. The van der Waals surface area contributed by atoms with Gasteiger partial charge in [-0.15, -0.1) is 11.3 Å². The molecule has 0 spiro atoms. The molecular weight excluding hydrogens is 396 g/mol. The molecule has 7 heteroatoms. The number of methoxy groups -OCH3 is 1. The van der Waals surface area contributed by atoms with E-state index in [0.717, 1.165) is 23.1 Å². The number of ketones is 1. The second-order valence-electron chi connectivity index (χ2n) is 7.30. The molecule has 2 aliphatic rings. The number of hydrogen-bond acceptors (Lipinski definition) is 5. The van der Waals surface area contributed by atoms with E-state index < -0.39 is 29.4 Å². The van der Waals surface area contributed by atoms with E-state index in [4.69, 9.17) is 4.74 Å². The number of hydrogen-bond donors (Lipinski definition) is 0. The Labute approximate surface area is 170 Å². The van der Waals surface area contributed by atoms with Crippen LogP contribution >= 0.6 is 11.3 Å². The van der Waals surface area contributed by atoms with Crippen molar-refractivity contribution in [3.63, 3.8) is 0 Å². The zero-order valence-electron chi connectivity index (χ0n) is 15.9. The highest BCUT2D eigenvalue weighted by Crippen LogP contribution is 2.47. The minimum atomic E-state index is -0.975. The summed E-state index contributed by atoms with van der Waals surface area (Å²) in [7, 11) is 1.23. The normalized spacial score (nSPS) is 24.2. The van der Waals surface area contributed by atoms with Crippen LogP contribution in [0.4, 0.5) is 8.78 Å². The van der Waals surface area contributed by atoms with E-state index in [1.807, 2.05) is 17.5 Å². The van der Waals surface area contributed by atoms with Crippen LogP contribution in [-0.4, -0.2) is 24.6 Å². The van der Waals surface area contributed by atoms with Crippen LogP contribution < -0.4 is 0 Å². The van der Waals surface area contributed by atoms with Crippen molar-refractivity contribution in [1.82, 2.24) is 0 Å². The minimum absolute atomic E-state index is 0.00881. The van der Waals surface area contributed by atoms with Crippen LogP contribution in [-0.2, 0) is 14.3 Å². The number of allylic oxidation sites excluding steroid dienone is 2. The highest BCUT2D eigenvalue weighted by Gasteiger charge is 2.45. The highest BCUT2D eigenvalue weighted by molar-refractivity contribution is 7.10. The molecule has 0 saturated carbocycles. The summed E-state index contributed by atoms with van der Waals surface area (Å²) in [5.41, 5.74) is 1.25. The van der Waals surface area contributed by atoms with E-state index in [1.165, 1.54) is 7.11 Å². The monoisotopic (exact) mass is 415 g/mol. The van der Waals surface area contributed by atoms with Gasteiger partial charge in [-0.05, 0) is 48.6 Å². The van der Waals surface area contributed by atoms with Crippen molar-refractivity contribution in [2.75, 3.05) is 7.11 Å². The van der Waals surface area contributed by atoms with E-state index >= 15 is 0 Å². The van der Waals surface area contributed by atoms with Crippen LogP contribution in [0.2, 0.25) is 0 Å². The quantitative estimate of drug-likeness (QED) is 0.679. The molecule has 1 aromatic heterocycles. The Morgan fingerprint density at radius 2 is 2.03 bits per heavy atom. The first-order valence-electron chi connectivity index (χ1n) is 9.28. The molecule has 2 heterocycles. The van der Waals surface area contributed by atoms with Crippen LogP contribution in [0.15, 0.2) is 52.0 Å². The maximum Gasteiger partial charge on any atom is 0.315 e. The van der Waals surface area contributed by atoms with Gasteiger partial charge in [0.2, 0.25) is 0 Å². The smallest absolute Gasteiger partial charge is 0.315 e. The average molecular weight is 415 g/mol. The SMILES string of the molecule is COC(=O)C1C(C)=NC2=C(C(=O)C[C@@H](c3cccs3)C2)[C@H]1c1cc(F)ccc1F. The van der Waals surface area contributed by atoms with Gasteiger partial charge in [0, 0.05) is 40.1 Å². The first-order valence-corrected chi connectivity index (χ1v) is 10.2. The van der Waals surface area contributed by atoms with Crippen LogP contribution in [0.1, 0.15) is 42.0 Å². The molecule has 1 aliphatic heterocycles. The van der Waals surface area contributed by atoms with Crippen molar-refractivity contribution >= 4 is 28.8 Å². The van der Waals surface area contributed by atoms with Gasteiger partial charge in [0.1, 0.15) is 17.6 Å². The topological polar surface area (TPSA) is 55.7 Å². The van der Waals surface area contributed by atoms with E-state index in [9.17, 15) is 18.4 Å². The fourth-order valence-electron chi connectivity index (χ4n) is 4.31. The molecule has 0 N–H and O–H groups in total. The summed E-state index contributed by atoms with van der Waals surface area (Å²) in [4.78, 5) is 31.4. The van der Waals surface area contributed by atoms with Gasteiger partial charge >= 0.3 is 5.97 Å². The number of esters is 1. The summed E-state index contributed by atoms with van der Waals surface area (Å²) in [6, 6.07) is 7.00. The lowest BCUT2D eigenvalue weighted by molar-refractivity contribution is -0.143. The molecule has 0 amide bonds. The number of ether oxygens (including phenoxy) is 1. The van der Waals surface area contributed by atoms with Gasteiger partial charge in [-0.2, -0.15) is 0 Å². The predicted octanol–water partition coefficient (Wildman–Crippen LogP) is 4.77. The second kappa shape index (κ2) is 7.63. The summed E-state index contributed by atoms with van der Waals surface area (Å²) in [5, 5.41) is 1.96. The Morgan fingerprint density at radius 1 is 1.24 bits per heavy atom. The number of nitrogens with zero attached hydrogens (tertiary/aromatic N) is 1. The minimum Gasteiger partial charge on any atom is -0.468 e. The summed E-state index contributed by atoms with van der Waals surface area (Å²) >= 11 is 1.58. The van der Waals surface area contributed by atoms with Gasteiger partial charge in [-0.3, -0.25) is 14.6 Å². The number of thiophene rings is 1. The lowest BCUT2D eigenvalue weighted by Gasteiger charge is -2.36. The van der Waals surface area contributed by atoms with E-state index in [2.05, 4.69) is 4.99 Å². The molecule has 150 valence electrons. The molecule has 4 nitrogen and oxygen atoms in total. The van der Waals surface area contributed by atoms with Crippen LogP contribution in [0, 0.1) is 17.6 Å². The van der Waals surface area contributed by atoms with E-state index in [-0.39, 0.29) is 23.7 Å². The van der Waals surface area contributed by atoms with Gasteiger partial charge in [-0.1, -0.05) is 6.07 Å². The summed E-state index contributed by atoms with van der Waals surface area (Å²) < 4.78 is 33.6. The number of rotatable bonds is 3. The molecule has 0 saturated heterocycles. The van der Waals surface area contributed by atoms with Crippen LogP contribution in [0.25, 0.3) is 0 Å². The number of Topliss-reactive ketones (excluding diaryl/α,β-unsaturated/α-hetero) is 1. The van der Waals surface area contributed by atoms with Gasteiger partial charge < -0.3 is 4.74 Å². The van der Waals surface area contributed by atoms with E-state index in [1.54, 1.807) is 18.3 Å². The zero-order chi connectivity index (χ0) is 20.7. The largest absolute Gasteiger partial charge is 0.468 e. The molecule has 29 heavy (non-hydrogen) atoms. The van der Waals surface area contributed by atoms with Crippen molar-refractivity contribution in [3.05, 3.63) is 69.1 Å². The molecule has 0 radical (unpaired) electrons. The van der Waals surface area contributed by atoms with Crippen molar-refractivity contribution in [1.29, 1.82) is 0 Å². The van der Waals surface area contributed by atoms with Crippen LogP contribution in [0.5, 0.6) is 0 Å². The highest BCUT2D eigenvalue weighted by atomic mass is 32.1. The Kier molecular flexibility index (Phi) is 5.17. The Morgan fingerprint density at radius 3 is 2.72 bits per heavy atom. The lowest BCUT2D eigenvalue weighted by atomic mass is 9.70. The third-order valence-electron chi connectivity index (χ3n) is 5.58. The summed E-state index contributed by atoms with van der Waals surface area (Å²) in [5.74, 6) is -4.06. The Balaban J connectivity index is 1.87. The van der Waals surface area contributed by atoms with Gasteiger partial charge in [0.25, 0.3) is 0 Å². The first-order chi connectivity index (χ1) is 13.9. The van der Waals surface area contributed by atoms with Crippen molar-refractivity contribution in [2.45, 2.75) is 31.6 Å².